The van der Waals surface area contributed by atoms with E-state index in [4.69, 9.17) is 28.9 Å². The molecule has 10 nitrogen and oxygen atoms in total. The van der Waals surface area contributed by atoms with E-state index in [-0.39, 0.29) is 53.0 Å². The van der Waals surface area contributed by atoms with Crippen LogP contribution in [0.3, 0.4) is 0 Å². The maximum absolute atomic E-state index is 13.4. The summed E-state index contributed by atoms with van der Waals surface area (Å²) in [5.74, 6) is -1.95. The molecule has 13 heteroatoms. The highest BCUT2D eigenvalue weighted by Crippen LogP contribution is 2.31. The minimum Gasteiger partial charge on any atom is -0.481 e. The number of hydrogen-bond donors (Lipinski definition) is 3. The predicted molar refractivity (Wildman–Crippen MR) is 130 cm³/mol. The van der Waals surface area contributed by atoms with Gasteiger partial charge in [0.15, 0.2) is 0 Å². The number of aliphatic carboxylic acids is 1. The lowest BCUT2D eigenvalue weighted by Gasteiger charge is -2.34. The van der Waals surface area contributed by atoms with Crippen LogP contribution in [0.5, 0.6) is 0 Å². The minimum absolute atomic E-state index is 0.0338. The van der Waals surface area contributed by atoms with Crippen molar-refractivity contribution < 1.29 is 23.1 Å². The number of anilines is 1. The van der Waals surface area contributed by atoms with Gasteiger partial charge in [-0.2, -0.15) is 9.98 Å². The van der Waals surface area contributed by atoms with Gasteiger partial charge in [0.1, 0.15) is 17.8 Å². The number of likely N-dealkylation sites (tertiary alicyclic amines) is 1. The fourth-order valence-corrected chi connectivity index (χ4v) is 5.94. The molecule has 1 saturated heterocycles. The van der Waals surface area contributed by atoms with Crippen molar-refractivity contribution in [3.8, 4) is 6.07 Å². The van der Waals surface area contributed by atoms with Gasteiger partial charge >= 0.3 is 5.97 Å². The molecule has 188 valence electrons. The molecular weight excluding hydrogens is 517 g/mol. The van der Waals surface area contributed by atoms with Crippen molar-refractivity contribution in [1.29, 1.82) is 5.26 Å². The molecule has 0 aliphatic carbocycles. The zero-order chi connectivity index (χ0) is 25.9. The van der Waals surface area contributed by atoms with E-state index in [9.17, 15) is 28.4 Å². The Labute approximate surface area is 213 Å². The molecule has 1 aliphatic rings. The van der Waals surface area contributed by atoms with Crippen molar-refractivity contribution in [2.75, 3.05) is 18.8 Å². The molecule has 2 unspecified atom stereocenters. The standard InChI is InChI=1S/C22H25Cl2N5O5S/c1-13(29-6-2-3-15(29)12-25)9-19(21(30)28-7-4-14(5-8-28)22(31)32)27-35(33,34)16-10-17(23)20(26)18(24)11-16/h2-3,6,10-11,13-14,19,27H,4-5,7-9,26H2,1H3,(H,31,32). The van der Waals surface area contributed by atoms with Crippen molar-refractivity contribution in [3.05, 3.63) is 46.2 Å². The van der Waals surface area contributed by atoms with Crippen LogP contribution in [0.15, 0.2) is 35.4 Å². The highest BCUT2D eigenvalue weighted by atomic mass is 35.5. The van der Waals surface area contributed by atoms with Crippen molar-refractivity contribution in [3.63, 3.8) is 0 Å². The number of hydrogen-bond acceptors (Lipinski definition) is 6. The number of nitrogens with zero attached hydrogens (tertiary/aromatic N) is 3. The maximum Gasteiger partial charge on any atom is 0.306 e. The van der Waals surface area contributed by atoms with Gasteiger partial charge in [0, 0.05) is 25.3 Å². The van der Waals surface area contributed by atoms with Gasteiger partial charge in [-0.1, -0.05) is 23.2 Å². The zero-order valence-corrected chi connectivity index (χ0v) is 21.1. The van der Waals surface area contributed by atoms with Crippen LogP contribution in [0.25, 0.3) is 0 Å². The molecule has 0 saturated carbocycles. The molecule has 2 aromatic rings. The number of nitrogens with two attached hydrogens (primary N) is 1. The van der Waals surface area contributed by atoms with Crippen LogP contribution >= 0.6 is 23.2 Å². The van der Waals surface area contributed by atoms with Crippen LogP contribution in [0.4, 0.5) is 5.69 Å². The number of halogens is 2. The van der Waals surface area contributed by atoms with E-state index in [1.165, 1.54) is 4.90 Å². The summed E-state index contributed by atoms with van der Waals surface area (Å²) in [6.07, 6.45) is 2.26. The molecule has 2 atom stereocenters. The molecule has 1 aromatic heterocycles. The summed E-state index contributed by atoms with van der Waals surface area (Å²) in [6, 6.07) is 6.05. The second kappa shape index (κ2) is 10.9. The van der Waals surface area contributed by atoms with Crippen LogP contribution in [0.2, 0.25) is 10.0 Å². The summed E-state index contributed by atoms with van der Waals surface area (Å²) in [4.78, 5) is 25.9. The largest absolute Gasteiger partial charge is 0.481 e. The zero-order valence-electron chi connectivity index (χ0n) is 18.8. The van der Waals surface area contributed by atoms with E-state index in [2.05, 4.69) is 10.8 Å². The number of nitrogens with one attached hydrogen (secondary N) is 1. The monoisotopic (exact) mass is 541 g/mol. The van der Waals surface area contributed by atoms with Crippen molar-refractivity contribution in [2.45, 2.75) is 43.2 Å². The van der Waals surface area contributed by atoms with E-state index < -0.39 is 39.9 Å². The second-order valence-corrected chi connectivity index (χ2v) is 10.9. The molecule has 4 N–H and O–H groups in total. The molecule has 0 radical (unpaired) electrons. The van der Waals surface area contributed by atoms with Crippen LogP contribution < -0.4 is 10.5 Å². The molecular formula is C22H25Cl2N5O5S. The Kier molecular flexibility index (Phi) is 8.33. The molecule has 0 spiro atoms. The lowest BCUT2D eigenvalue weighted by atomic mass is 9.96. The Bertz CT molecular complexity index is 1240. The summed E-state index contributed by atoms with van der Waals surface area (Å²) in [5, 5.41) is 18.5. The fraction of sp³-hybridized carbons (Fsp3) is 0.409. The van der Waals surface area contributed by atoms with Gasteiger partial charge in [0.2, 0.25) is 15.9 Å². The lowest BCUT2D eigenvalue weighted by Crippen LogP contribution is -2.51. The van der Waals surface area contributed by atoms with Crippen LogP contribution in [0, 0.1) is 17.2 Å². The van der Waals surface area contributed by atoms with Gasteiger partial charge < -0.3 is 20.3 Å². The van der Waals surface area contributed by atoms with Gasteiger partial charge in [-0.3, -0.25) is 9.59 Å². The number of carboxylic acids is 1. The minimum atomic E-state index is -4.25. The first-order valence-electron chi connectivity index (χ1n) is 10.8. The van der Waals surface area contributed by atoms with E-state index in [1.807, 2.05) is 0 Å². The van der Waals surface area contributed by atoms with Crippen LogP contribution in [-0.2, 0) is 19.6 Å². The number of rotatable bonds is 8. The molecule has 1 fully saturated rings. The lowest BCUT2D eigenvalue weighted by molar-refractivity contribution is -0.146. The SMILES string of the molecule is CC(CC(NS(=O)(=O)c1cc(Cl)c(N)c(Cl)c1)C(=O)N1CCC(C(=O)O)CC1)n1cccc1C#N. The number of amides is 1. The average Bonchev–Trinajstić information content (AvgIpc) is 3.30. The van der Waals surface area contributed by atoms with Gasteiger partial charge in [-0.05, 0) is 50.5 Å². The Morgan fingerprint density at radius 2 is 1.89 bits per heavy atom. The van der Waals surface area contributed by atoms with Crippen molar-refractivity contribution in [2.24, 2.45) is 5.92 Å². The Hall–Kier alpha value is -2.78. The number of nitriles is 1. The highest BCUT2D eigenvalue weighted by molar-refractivity contribution is 7.89. The fourth-order valence-electron chi connectivity index (χ4n) is 4.07. The number of sulfonamides is 1. The number of piperidine rings is 1. The topological polar surface area (TPSA) is 159 Å². The number of nitrogen functional groups attached to an aromatic ring is 1. The van der Waals surface area contributed by atoms with E-state index >= 15 is 0 Å². The van der Waals surface area contributed by atoms with Crippen LogP contribution in [0.1, 0.15) is 37.9 Å². The Morgan fingerprint density at radius 3 is 2.43 bits per heavy atom. The third-order valence-corrected chi connectivity index (χ3v) is 8.14. The van der Waals surface area contributed by atoms with Crippen molar-refractivity contribution in [1.82, 2.24) is 14.2 Å². The average molecular weight is 542 g/mol. The Morgan fingerprint density at radius 1 is 1.29 bits per heavy atom. The summed E-state index contributed by atoms with van der Waals surface area (Å²) in [7, 11) is -4.25. The normalized spacial score (nSPS) is 16.5. The first-order chi connectivity index (χ1) is 16.4. The van der Waals surface area contributed by atoms with Crippen molar-refractivity contribution >= 4 is 50.8 Å². The molecule has 1 aliphatic heterocycles. The van der Waals surface area contributed by atoms with Gasteiger partial charge in [-0.25, -0.2) is 8.42 Å². The smallest absolute Gasteiger partial charge is 0.306 e. The number of aromatic nitrogens is 1. The molecule has 0 bridgehead atoms. The quantitative estimate of drug-likeness (QED) is 0.433. The van der Waals surface area contributed by atoms with Gasteiger partial charge in [0.25, 0.3) is 0 Å². The number of benzene rings is 1. The summed E-state index contributed by atoms with van der Waals surface area (Å²) < 4.78 is 30.5. The second-order valence-electron chi connectivity index (χ2n) is 8.41. The van der Waals surface area contributed by atoms with Gasteiger partial charge in [0.05, 0.1) is 26.5 Å². The third kappa shape index (κ3) is 6.08. The number of carbonyl (C=O) groups is 2. The molecule has 1 amide bonds. The van der Waals surface area contributed by atoms with Crippen LogP contribution in [-0.4, -0.2) is 54.0 Å². The third-order valence-electron chi connectivity index (χ3n) is 6.06. The number of carboxylic acid groups (broad SMARTS) is 1. The molecule has 3 rings (SSSR count). The van der Waals surface area contributed by atoms with Gasteiger partial charge in [-0.15, -0.1) is 0 Å². The molecule has 2 heterocycles. The molecule has 35 heavy (non-hydrogen) atoms. The number of carbonyl (C=O) groups excluding carboxylic acids is 1. The first kappa shape index (κ1) is 26.8. The molecule has 1 aromatic carbocycles. The van der Waals surface area contributed by atoms with E-state index in [0.29, 0.717) is 5.69 Å². The highest BCUT2D eigenvalue weighted by Gasteiger charge is 2.34. The Balaban J connectivity index is 1.89. The van der Waals surface area contributed by atoms with E-state index in [0.717, 1.165) is 12.1 Å². The summed E-state index contributed by atoms with van der Waals surface area (Å²) >= 11 is 12.0. The first-order valence-corrected chi connectivity index (χ1v) is 13.0. The summed E-state index contributed by atoms with van der Waals surface area (Å²) in [6.45, 7) is 2.15. The maximum atomic E-state index is 13.4. The van der Waals surface area contributed by atoms with E-state index in [1.54, 1.807) is 29.8 Å². The summed E-state index contributed by atoms with van der Waals surface area (Å²) in [5.41, 5.74) is 6.11. The predicted octanol–water partition coefficient (Wildman–Crippen LogP) is 2.87.